The predicted octanol–water partition coefficient (Wildman–Crippen LogP) is 4.44. The van der Waals surface area contributed by atoms with Crippen LogP contribution in [0.25, 0.3) is 11.1 Å². The van der Waals surface area contributed by atoms with Gasteiger partial charge in [-0.15, -0.1) is 0 Å². The fraction of sp³-hybridized carbons (Fsp3) is 0.296. The number of β-amino-alcohol motifs (C(OH)–C–C–N with tert-alkyl or cyclic N) is 1. The molecule has 1 heterocycles. The molecule has 0 bridgehead atoms. The van der Waals surface area contributed by atoms with Crippen LogP contribution in [0, 0.1) is 5.92 Å². The average molecular weight is 431 g/mol. The van der Waals surface area contributed by atoms with Gasteiger partial charge in [0.2, 0.25) is 5.91 Å². The maximum Gasteiger partial charge on any atom is 0.227 e. The molecule has 0 aliphatic carbocycles. The zero-order chi connectivity index (χ0) is 22.2. The SMILES string of the molecule is O=C(Nc1ccccc1)C1CCN(CC(O)COc2ccc(-c3ccccc3)cc2)CC1. The van der Waals surface area contributed by atoms with Gasteiger partial charge in [0.05, 0.1) is 0 Å². The number of nitrogens with zero attached hydrogens (tertiary/aromatic N) is 1. The van der Waals surface area contributed by atoms with Gasteiger partial charge in [-0.3, -0.25) is 4.79 Å². The van der Waals surface area contributed by atoms with Crippen LogP contribution < -0.4 is 10.1 Å². The molecule has 1 aliphatic rings. The number of piperidine rings is 1. The number of hydrogen-bond acceptors (Lipinski definition) is 4. The van der Waals surface area contributed by atoms with E-state index in [1.807, 2.05) is 72.8 Å². The van der Waals surface area contributed by atoms with Crippen molar-refractivity contribution in [2.24, 2.45) is 5.92 Å². The Morgan fingerprint density at radius 2 is 1.50 bits per heavy atom. The second-order valence-electron chi connectivity index (χ2n) is 8.29. The van der Waals surface area contributed by atoms with Gasteiger partial charge in [0.1, 0.15) is 18.5 Å². The molecule has 0 spiro atoms. The molecule has 3 aromatic carbocycles. The molecule has 1 amide bonds. The Hall–Kier alpha value is -3.15. The van der Waals surface area contributed by atoms with E-state index >= 15 is 0 Å². The Labute approximate surface area is 189 Å². The molecular weight excluding hydrogens is 400 g/mol. The second kappa shape index (κ2) is 10.9. The van der Waals surface area contributed by atoms with E-state index in [-0.39, 0.29) is 18.4 Å². The Morgan fingerprint density at radius 3 is 2.16 bits per heavy atom. The summed E-state index contributed by atoms with van der Waals surface area (Å²) in [5, 5.41) is 13.4. The normalized spacial score (nSPS) is 15.8. The summed E-state index contributed by atoms with van der Waals surface area (Å²) in [5.74, 6) is 0.849. The summed E-state index contributed by atoms with van der Waals surface area (Å²) < 4.78 is 5.79. The summed E-state index contributed by atoms with van der Waals surface area (Å²) >= 11 is 0. The summed E-state index contributed by atoms with van der Waals surface area (Å²) in [7, 11) is 0. The standard InChI is InChI=1S/C27H30N2O3/c30-25(20-32-26-13-11-22(12-14-26)21-7-3-1-4-8-21)19-29-17-15-23(16-18-29)27(31)28-24-9-5-2-6-10-24/h1-14,23,25,30H,15-20H2,(H,28,31). The summed E-state index contributed by atoms with van der Waals surface area (Å²) in [6, 6.07) is 27.7. The van der Waals surface area contributed by atoms with Crippen LogP contribution in [0.15, 0.2) is 84.9 Å². The zero-order valence-corrected chi connectivity index (χ0v) is 18.2. The minimum absolute atomic E-state index is 0.0166. The van der Waals surface area contributed by atoms with Crippen LogP contribution in [0.5, 0.6) is 5.75 Å². The molecule has 2 N–H and O–H groups in total. The van der Waals surface area contributed by atoms with Crippen molar-refractivity contribution in [3.05, 3.63) is 84.9 Å². The molecule has 0 radical (unpaired) electrons. The third-order valence-electron chi connectivity index (χ3n) is 5.87. The number of anilines is 1. The van der Waals surface area contributed by atoms with Gasteiger partial charge in [-0.1, -0.05) is 60.7 Å². The fourth-order valence-electron chi connectivity index (χ4n) is 4.06. The molecule has 1 atom stereocenters. The Balaban J connectivity index is 1.17. The smallest absolute Gasteiger partial charge is 0.227 e. The molecule has 5 nitrogen and oxygen atoms in total. The lowest BCUT2D eigenvalue weighted by Crippen LogP contribution is -2.42. The highest BCUT2D eigenvalue weighted by Crippen LogP contribution is 2.23. The highest BCUT2D eigenvalue weighted by atomic mass is 16.5. The second-order valence-corrected chi connectivity index (χ2v) is 8.29. The zero-order valence-electron chi connectivity index (χ0n) is 18.2. The first kappa shape index (κ1) is 22.1. The summed E-state index contributed by atoms with van der Waals surface area (Å²) in [6.45, 7) is 2.40. The summed E-state index contributed by atoms with van der Waals surface area (Å²) in [4.78, 5) is 14.7. The highest BCUT2D eigenvalue weighted by Gasteiger charge is 2.26. The van der Waals surface area contributed by atoms with Crippen LogP contribution in [0.4, 0.5) is 5.69 Å². The van der Waals surface area contributed by atoms with Crippen LogP contribution in [0.1, 0.15) is 12.8 Å². The Kier molecular flexibility index (Phi) is 7.54. The van der Waals surface area contributed by atoms with Crippen LogP contribution in [0.2, 0.25) is 0 Å². The molecular formula is C27H30N2O3. The van der Waals surface area contributed by atoms with Crippen LogP contribution in [0.3, 0.4) is 0 Å². The molecule has 166 valence electrons. The lowest BCUT2D eigenvalue weighted by Gasteiger charge is -2.32. The van der Waals surface area contributed by atoms with Crippen molar-refractivity contribution in [2.45, 2.75) is 18.9 Å². The molecule has 4 rings (SSSR count). The molecule has 1 aliphatic heterocycles. The van der Waals surface area contributed by atoms with Gasteiger partial charge >= 0.3 is 0 Å². The minimum atomic E-state index is -0.571. The van der Waals surface area contributed by atoms with Crippen molar-refractivity contribution in [3.63, 3.8) is 0 Å². The Morgan fingerprint density at radius 1 is 0.906 bits per heavy atom. The first-order valence-corrected chi connectivity index (χ1v) is 11.2. The quantitative estimate of drug-likeness (QED) is 0.555. The number of carbonyl (C=O) groups excluding carboxylic acids is 1. The maximum atomic E-state index is 12.5. The third kappa shape index (κ3) is 6.19. The van der Waals surface area contributed by atoms with Crippen molar-refractivity contribution in [1.82, 2.24) is 4.90 Å². The van der Waals surface area contributed by atoms with Crippen molar-refractivity contribution in [3.8, 4) is 16.9 Å². The molecule has 1 unspecified atom stereocenters. The molecule has 5 heteroatoms. The van der Waals surface area contributed by atoms with E-state index in [4.69, 9.17) is 4.74 Å². The largest absolute Gasteiger partial charge is 0.491 e. The van der Waals surface area contributed by atoms with Gasteiger partial charge in [0.15, 0.2) is 0 Å². The third-order valence-corrected chi connectivity index (χ3v) is 5.87. The predicted molar refractivity (Wildman–Crippen MR) is 128 cm³/mol. The number of aliphatic hydroxyl groups excluding tert-OH is 1. The number of aliphatic hydroxyl groups is 1. The number of ether oxygens (including phenoxy) is 1. The number of benzene rings is 3. The van der Waals surface area contributed by atoms with Crippen LogP contribution in [-0.2, 0) is 4.79 Å². The molecule has 0 saturated carbocycles. The van der Waals surface area contributed by atoms with E-state index in [0.717, 1.165) is 42.9 Å². The molecule has 1 fully saturated rings. The van der Waals surface area contributed by atoms with E-state index in [1.165, 1.54) is 5.56 Å². The van der Waals surface area contributed by atoms with E-state index in [9.17, 15) is 9.90 Å². The first-order chi connectivity index (χ1) is 15.7. The van der Waals surface area contributed by atoms with E-state index in [2.05, 4.69) is 22.3 Å². The van der Waals surface area contributed by atoms with Crippen LogP contribution >= 0.6 is 0 Å². The van der Waals surface area contributed by atoms with Gasteiger partial charge < -0.3 is 20.1 Å². The highest BCUT2D eigenvalue weighted by molar-refractivity contribution is 5.92. The number of nitrogens with one attached hydrogen (secondary N) is 1. The van der Waals surface area contributed by atoms with Gasteiger partial charge in [-0.05, 0) is 61.3 Å². The van der Waals surface area contributed by atoms with Gasteiger partial charge in [0, 0.05) is 18.2 Å². The van der Waals surface area contributed by atoms with Crippen molar-refractivity contribution < 1.29 is 14.6 Å². The van der Waals surface area contributed by atoms with Crippen molar-refractivity contribution in [1.29, 1.82) is 0 Å². The number of rotatable bonds is 8. The summed E-state index contributed by atoms with van der Waals surface area (Å²) in [6.07, 6.45) is 1.03. The lowest BCUT2D eigenvalue weighted by atomic mass is 9.95. The number of hydrogen-bond donors (Lipinski definition) is 2. The molecule has 3 aromatic rings. The number of carbonyl (C=O) groups is 1. The Bertz CT molecular complexity index is 969. The number of para-hydroxylation sites is 1. The molecule has 32 heavy (non-hydrogen) atoms. The van der Waals surface area contributed by atoms with Crippen molar-refractivity contribution in [2.75, 3.05) is 31.6 Å². The van der Waals surface area contributed by atoms with Crippen LogP contribution in [-0.4, -0.2) is 48.3 Å². The fourth-order valence-corrected chi connectivity index (χ4v) is 4.06. The number of likely N-dealkylation sites (tertiary alicyclic amines) is 1. The van der Waals surface area contributed by atoms with Gasteiger partial charge in [-0.25, -0.2) is 0 Å². The lowest BCUT2D eigenvalue weighted by molar-refractivity contribution is -0.121. The van der Waals surface area contributed by atoms with Gasteiger partial charge in [-0.2, -0.15) is 0 Å². The number of amides is 1. The molecule has 0 aromatic heterocycles. The van der Waals surface area contributed by atoms with E-state index in [0.29, 0.717) is 6.54 Å². The average Bonchev–Trinajstić information content (AvgIpc) is 2.85. The van der Waals surface area contributed by atoms with Crippen molar-refractivity contribution >= 4 is 11.6 Å². The first-order valence-electron chi connectivity index (χ1n) is 11.2. The monoisotopic (exact) mass is 430 g/mol. The minimum Gasteiger partial charge on any atom is -0.491 e. The topological polar surface area (TPSA) is 61.8 Å². The van der Waals surface area contributed by atoms with Gasteiger partial charge in [0.25, 0.3) is 0 Å². The van der Waals surface area contributed by atoms with E-state index < -0.39 is 6.10 Å². The molecule has 1 saturated heterocycles. The maximum absolute atomic E-state index is 12.5. The summed E-state index contributed by atoms with van der Waals surface area (Å²) in [5.41, 5.74) is 3.14. The van der Waals surface area contributed by atoms with E-state index in [1.54, 1.807) is 0 Å².